The summed E-state index contributed by atoms with van der Waals surface area (Å²) in [7, 11) is 0. The van der Waals surface area contributed by atoms with Crippen molar-refractivity contribution in [3.8, 4) is 11.5 Å². The Morgan fingerprint density at radius 3 is 2.16 bits per heavy atom. The van der Waals surface area contributed by atoms with E-state index in [1.807, 2.05) is 6.08 Å². The number of hydrogen-bond donors (Lipinski definition) is 0. The van der Waals surface area contributed by atoms with Gasteiger partial charge in [-0.2, -0.15) is 8.78 Å². The van der Waals surface area contributed by atoms with E-state index in [1.54, 1.807) is 6.92 Å². The molecule has 0 unspecified atom stereocenters. The van der Waals surface area contributed by atoms with Crippen LogP contribution in [0.2, 0.25) is 0 Å². The number of alkyl halides is 1. The Balaban J connectivity index is 1.46. The lowest BCUT2D eigenvalue weighted by Crippen LogP contribution is -2.30. The second-order valence-corrected chi connectivity index (χ2v) is 8.74. The van der Waals surface area contributed by atoms with E-state index in [0.29, 0.717) is 24.2 Å². The molecule has 3 rings (SSSR count). The van der Waals surface area contributed by atoms with E-state index >= 15 is 0 Å². The highest BCUT2D eigenvalue weighted by Crippen LogP contribution is 2.42. The van der Waals surface area contributed by atoms with E-state index in [4.69, 9.17) is 9.47 Å². The van der Waals surface area contributed by atoms with Gasteiger partial charge in [-0.25, -0.2) is 0 Å². The summed E-state index contributed by atoms with van der Waals surface area (Å²) < 4.78 is 50.6. The van der Waals surface area contributed by atoms with Crippen LogP contribution in [0, 0.1) is 35.3 Å². The standard InChI is InChI=1S/C25H33F3O3/c1-2-30-21-14-15-22(24(28)23(21)27)31-25(29)20-12-10-19(11-13-20)18-8-6-17(7-9-18)5-3-4-16-26/h3,5,14-15,17-20H,2,4,6-13,16H2,1H3. The smallest absolute Gasteiger partial charge is 0.314 e. The van der Waals surface area contributed by atoms with Crippen LogP contribution in [0.15, 0.2) is 24.3 Å². The Morgan fingerprint density at radius 1 is 0.968 bits per heavy atom. The van der Waals surface area contributed by atoms with Gasteiger partial charge < -0.3 is 9.47 Å². The molecule has 0 heterocycles. The van der Waals surface area contributed by atoms with Gasteiger partial charge in [-0.05, 0) is 94.6 Å². The molecule has 0 aromatic heterocycles. The monoisotopic (exact) mass is 438 g/mol. The molecule has 1 aromatic carbocycles. The van der Waals surface area contributed by atoms with Gasteiger partial charge in [-0.15, -0.1) is 0 Å². The van der Waals surface area contributed by atoms with Crippen molar-refractivity contribution >= 4 is 5.97 Å². The van der Waals surface area contributed by atoms with Crippen molar-refractivity contribution in [2.24, 2.45) is 23.7 Å². The number of benzene rings is 1. The van der Waals surface area contributed by atoms with E-state index < -0.39 is 17.6 Å². The Kier molecular flexibility index (Phi) is 8.85. The van der Waals surface area contributed by atoms with Gasteiger partial charge in [-0.1, -0.05) is 12.2 Å². The average Bonchev–Trinajstić information content (AvgIpc) is 2.79. The molecule has 0 amide bonds. The number of rotatable bonds is 8. The second kappa shape index (κ2) is 11.6. The second-order valence-electron chi connectivity index (χ2n) is 8.74. The zero-order valence-electron chi connectivity index (χ0n) is 18.3. The van der Waals surface area contributed by atoms with Crippen molar-refractivity contribution in [3.05, 3.63) is 35.9 Å². The highest BCUT2D eigenvalue weighted by molar-refractivity contribution is 5.75. The molecule has 0 N–H and O–H groups in total. The maximum atomic E-state index is 14.2. The van der Waals surface area contributed by atoms with Crippen LogP contribution >= 0.6 is 0 Å². The molecule has 1 aromatic rings. The number of hydrogen-bond acceptors (Lipinski definition) is 3. The normalized spacial score (nSPS) is 26.7. The minimum atomic E-state index is -1.19. The van der Waals surface area contributed by atoms with Gasteiger partial charge in [0.2, 0.25) is 11.6 Å². The van der Waals surface area contributed by atoms with Crippen LogP contribution in [0.4, 0.5) is 13.2 Å². The maximum absolute atomic E-state index is 14.2. The minimum absolute atomic E-state index is 0.187. The zero-order chi connectivity index (χ0) is 22.2. The topological polar surface area (TPSA) is 35.5 Å². The molecule has 31 heavy (non-hydrogen) atoms. The molecule has 0 radical (unpaired) electrons. The van der Waals surface area contributed by atoms with Crippen molar-refractivity contribution in [2.75, 3.05) is 13.3 Å². The van der Waals surface area contributed by atoms with Gasteiger partial charge >= 0.3 is 5.97 Å². The summed E-state index contributed by atoms with van der Waals surface area (Å²) in [6.07, 6.45) is 12.7. The molecule has 2 aliphatic rings. The predicted molar refractivity (Wildman–Crippen MR) is 114 cm³/mol. The summed E-state index contributed by atoms with van der Waals surface area (Å²) in [4.78, 5) is 12.5. The first kappa shape index (κ1) is 23.7. The Bertz CT molecular complexity index is 749. The van der Waals surface area contributed by atoms with Crippen molar-refractivity contribution in [3.63, 3.8) is 0 Å². The average molecular weight is 439 g/mol. The lowest BCUT2D eigenvalue weighted by molar-refractivity contribution is -0.140. The van der Waals surface area contributed by atoms with Gasteiger partial charge in [-0.3, -0.25) is 9.18 Å². The van der Waals surface area contributed by atoms with E-state index in [1.165, 1.54) is 25.0 Å². The van der Waals surface area contributed by atoms with Crippen LogP contribution in [-0.4, -0.2) is 19.3 Å². The molecule has 2 saturated carbocycles. The lowest BCUT2D eigenvalue weighted by Gasteiger charge is -2.36. The predicted octanol–water partition coefficient (Wildman–Crippen LogP) is 6.80. The Labute approximate surface area is 183 Å². The van der Waals surface area contributed by atoms with Gasteiger partial charge in [0.15, 0.2) is 11.5 Å². The van der Waals surface area contributed by atoms with E-state index in [0.717, 1.165) is 38.5 Å². The molecular formula is C25H33F3O3. The summed E-state index contributed by atoms with van der Waals surface area (Å²) in [6, 6.07) is 2.53. The first-order valence-corrected chi connectivity index (χ1v) is 11.6. The minimum Gasteiger partial charge on any atom is -0.491 e. The zero-order valence-corrected chi connectivity index (χ0v) is 18.3. The summed E-state index contributed by atoms with van der Waals surface area (Å²) in [5, 5.41) is 0. The Morgan fingerprint density at radius 2 is 1.55 bits per heavy atom. The third-order valence-electron chi connectivity index (χ3n) is 6.79. The molecule has 0 saturated heterocycles. The number of carbonyl (C=O) groups is 1. The van der Waals surface area contributed by atoms with Crippen LogP contribution in [-0.2, 0) is 4.79 Å². The highest BCUT2D eigenvalue weighted by atomic mass is 19.2. The molecule has 2 aliphatic carbocycles. The van der Waals surface area contributed by atoms with Crippen molar-refractivity contribution in [1.82, 2.24) is 0 Å². The molecule has 2 fully saturated rings. The summed E-state index contributed by atoms with van der Waals surface area (Å²) in [6.45, 7) is 1.60. The number of esters is 1. The molecule has 172 valence electrons. The quantitative estimate of drug-likeness (QED) is 0.254. The van der Waals surface area contributed by atoms with Crippen molar-refractivity contribution in [2.45, 2.75) is 64.7 Å². The van der Waals surface area contributed by atoms with Crippen molar-refractivity contribution < 1.29 is 27.4 Å². The first-order chi connectivity index (χ1) is 15.0. The van der Waals surface area contributed by atoms with Crippen LogP contribution < -0.4 is 9.47 Å². The molecular weight excluding hydrogens is 405 g/mol. The SMILES string of the molecule is CCOc1ccc(OC(=O)C2CCC(C3CCC(C=CCCF)CC3)CC2)c(F)c1F. The van der Waals surface area contributed by atoms with Gasteiger partial charge in [0, 0.05) is 0 Å². The molecule has 3 nitrogen and oxygen atoms in total. The van der Waals surface area contributed by atoms with Crippen LogP contribution in [0.1, 0.15) is 64.7 Å². The number of ether oxygens (including phenoxy) is 2. The summed E-state index contributed by atoms with van der Waals surface area (Å²) >= 11 is 0. The fraction of sp³-hybridized carbons (Fsp3) is 0.640. The van der Waals surface area contributed by atoms with Gasteiger partial charge in [0.25, 0.3) is 0 Å². The fourth-order valence-corrected chi connectivity index (χ4v) is 5.04. The third-order valence-corrected chi connectivity index (χ3v) is 6.79. The van der Waals surface area contributed by atoms with E-state index in [9.17, 15) is 18.0 Å². The van der Waals surface area contributed by atoms with Crippen LogP contribution in [0.3, 0.4) is 0 Å². The summed E-state index contributed by atoms with van der Waals surface area (Å²) in [5.41, 5.74) is 0. The van der Waals surface area contributed by atoms with Crippen LogP contribution in [0.25, 0.3) is 0 Å². The number of halogens is 3. The molecule has 0 bridgehead atoms. The number of allylic oxidation sites excluding steroid dienone is 2. The van der Waals surface area contributed by atoms with Crippen LogP contribution in [0.5, 0.6) is 11.5 Å². The van der Waals surface area contributed by atoms with E-state index in [2.05, 4.69) is 6.08 Å². The van der Waals surface area contributed by atoms with E-state index in [-0.39, 0.29) is 30.7 Å². The molecule has 0 atom stereocenters. The fourth-order valence-electron chi connectivity index (χ4n) is 5.04. The Hall–Kier alpha value is -1.98. The first-order valence-electron chi connectivity index (χ1n) is 11.6. The summed E-state index contributed by atoms with van der Waals surface area (Å²) in [5.74, 6) is -1.79. The molecule has 0 spiro atoms. The van der Waals surface area contributed by atoms with Gasteiger partial charge in [0.05, 0.1) is 19.2 Å². The lowest BCUT2D eigenvalue weighted by atomic mass is 9.69. The van der Waals surface area contributed by atoms with Gasteiger partial charge in [0.1, 0.15) is 0 Å². The molecule has 6 heteroatoms. The van der Waals surface area contributed by atoms with Crippen molar-refractivity contribution in [1.29, 1.82) is 0 Å². The largest absolute Gasteiger partial charge is 0.491 e. The maximum Gasteiger partial charge on any atom is 0.314 e. The molecule has 0 aliphatic heterocycles. The third kappa shape index (κ3) is 6.27. The number of carbonyl (C=O) groups excluding carboxylic acids is 1. The highest BCUT2D eigenvalue weighted by Gasteiger charge is 2.33.